The van der Waals surface area contributed by atoms with Crippen molar-refractivity contribution in [2.45, 2.75) is 143 Å². The number of ether oxygens (including phenoxy) is 2. The van der Waals surface area contributed by atoms with E-state index in [1.54, 1.807) is 12.5 Å². The Balaban J connectivity index is 1.58. The zero-order chi connectivity index (χ0) is 30.4. The van der Waals surface area contributed by atoms with Crippen molar-refractivity contribution in [2.24, 2.45) is 17.6 Å². The number of nitrogens with two attached hydrogens (primary N) is 1. The monoisotopic (exact) mass is 587 g/mol. The summed E-state index contributed by atoms with van der Waals surface area (Å²) < 4.78 is 13.0. The number of hydrogen-bond donors (Lipinski definition) is 1. The van der Waals surface area contributed by atoms with E-state index < -0.39 is 12.0 Å². The summed E-state index contributed by atoms with van der Waals surface area (Å²) in [5.74, 6) is -0.675. The molecule has 0 radical (unpaired) electrons. The van der Waals surface area contributed by atoms with Crippen LogP contribution in [0.4, 0.5) is 0 Å². The Kier molecular flexibility index (Phi) is 18.7. The van der Waals surface area contributed by atoms with Crippen LogP contribution in [-0.2, 0) is 25.6 Å². The van der Waals surface area contributed by atoms with Crippen LogP contribution in [0.1, 0.15) is 130 Å². The number of carbonyl (C=O) groups is 2. The van der Waals surface area contributed by atoms with Gasteiger partial charge in [0, 0.05) is 18.9 Å². The molecular weight excluding hydrogens is 530 g/mol. The van der Waals surface area contributed by atoms with E-state index in [-0.39, 0.29) is 31.0 Å². The molecule has 0 amide bonds. The third-order valence-electron chi connectivity index (χ3n) is 7.96. The first-order valence-corrected chi connectivity index (χ1v) is 16.6. The minimum Gasteiger partial charge on any atom is -0.466 e. The van der Waals surface area contributed by atoms with Crippen LogP contribution in [0, 0.1) is 11.8 Å². The van der Waals surface area contributed by atoms with E-state index in [9.17, 15) is 9.59 Å². The normalized spacial score (nSPS) is 13.0. The highest BCUT2D eigenvalue weighted by Gasteiger charge is 2.21. The summed E-state index contributed by atoms with van der Waals surface area (Å²) in [6.07, 6.45) is 25.3. The molecule has 2 aromatic heterocycles. The van der Waals surface area contributed by atoms with Gasteiger partial charge in [-0.05, 0) is 18.8 Å². The van der Waals surface area contributed by atoms with E-state index in [4.69, 9.17) is 15.2 Å². The number of unbranched alkanes of at least 4 members (excludes halogenated alkanes) is 14. The van der Waals surface area contributed by atoms with Crippen molar-refractivity contribution >= 4 is 23.1 Å². The highest BCUT2D eigenvalue weighted by Crippen LogP contribution is 2.16. The van der Waals surface area contributed by atoms with Crippen LogP contribution in [0.25, 0.3) is 11.2 Å². The number of hydrogen-bond acceptors (Lipinski definition) is 8. The van der Waals surface area contributed by atoms with Gasteiger partial charge in [-0.2, -0.15) is 0 Å². The van der Waals surface area contributed by atoms with Gasteiger partial charge in [-0.3, -0.25) is 9.59 Å². The third kappa shape index (κ3) is 15.1. The third-order valence-corrected chi connectivity index (χ3v) is 7.96. The zero-order valence-corrected chi connectivity index (χ0v) is 26.6. The lowest BCUT2D eigenvalue weighted by Crippen LogP contribution is -2.38. The van der Waals surface area contributed by atoms with Crippen molar-refractivity contribution in [1.29, 1.82) is 0 Å². The molecule has 0 fully saturated rings. The Morgan fingerprint density at radius 1 is 0.857 bits per heavy atom. The lowest BCUT2D eigenvalue weighted by atomic mass is 10.0. The number of rotatable bonds is 25. The molecule has 2 rings (SSSR count). The van der Waals surface area contributed by atoms with Crippen LogP contribution < -0.4 is 5.73 Å². The summed E-state index contributed by atoms with van der Waals surface area (Å²) >= 11 is 0. The van der Waals surface area contributed by atoms with E-state index in [0.717, 1.165) is 12.8 Å². The first-order valence-electron chi connectivity index (χ1n) is 16.6. The van der Waals surface area contributed by atoms with E-state index in [1.807, 2.05) is 18.4 Å². The smallest absolute Gasteiger partial charge is 0.323 e. The standard InChI is InChI=1S/C33H57N5O4/c1-4-5-6-7-8-9-10-11-12-13-14-15-16-17-18-19-30(39)41-21-20-28(24-42-33(40)31(34)27(2)3)23-38-26-37-29-22-35-25-36-32(29)38/h22,25-28,31H,4-21,23-24,34H2,1-3H3/t28?,31-/m0/s1. The van der Waals surface area contributed by atoms with Gasteiger partial charge in [0.2, 0.25) is 0 Å². The summed E-state index contributed by atoms with van der Waals surface area (Å²) in [4.78, 5) is 37.3. The number of aromatic nitrogens is 4. The molecule has 9 nitrogen and oxygen atoms in total. The molecule has 0 aromatic carbocycles. The largest absolute Gasteiger partial charge is 0.466 e. The summed E-state index contributed by atoms with van der Waals surface area (Å²) in [6, 6.07) is -0.666. The van der Waals surface area contributed by atoms with Crippen molar-refractivity contribution < 1.29 is 19.1 Å². The molecule has 42 heavy (non-hydrogen) atoms. The van der Waals surface area contributed by atoms with Crippen molar-refractivity contribution in [1.82, 2.24) is 19.5 Å². The number of nitrogens with zero attached hydrogens (tertiary/aromatic N) is 4. The molecule has 2 heterocycles. The van der Waals surface area contributed by atoms with Crippen molar-refractivity contribution in [2.75, 3.05) is 13.2 Å². The average Bonchev–Trinajstić information content (AvgIpc) is 3.39. The summed E-state index contributed by atoms with van der Waals surface area (Å²) in [5, 5.41) is 0. The Morgan fingerprint density at radius 2 is 1.45 bits per heavy atom. The lowest BCUT2D eigenvalue weighted by molar-refractivity contribution is -0.149. The van der Waals surface area contributed by atoms with Crippen LogP contribution in [-0.4, -0.2) is 50.7 Å². The minimum absolute atomic E-state index is 0.00841. The van der Waals surface area contributed by atoms with Gasteiger partial charge in [-0.1, -0.05) is 111 Å². The predicted molar refractivity (Wildman–Crippen MR) is 168 cm³/mol. The lowest BCUT2D eigenvalue weighted by Gasteiger charge is -2.20. The fraction of sp³-hybridized carbons (Fsp3) is 0.788. The maximum atomic E-state index is 12.3. The molecule has 0 saturated carbocycles. The van der Waals surface area contributed by atoms with Crippen molar-refractivity contribution in [3.8, 4) is 0 Å². The topological polar surface area (TPSA) is 122 Å². The highest BCUT2D eigenvalue weighted by molar-refractivity contribution is 5.75. The van der Waals surface area contributed by atoms with E-state index >= 15 is 0 Å². The summed E-state index contributed by atoms with van der Waals surface area (Å²) in [6.45, 7) is 7.02. The number of imidazole rings is 1. The number of carbonyl (C=O) groups excluding carboxylic acids is 2. The molecule has 2 N–H and O–H groups in total. The van der Waals surface area contributed by atoms with Crippen molar-refractivity contribution in [3.63, 3.8) is 0 Å². The van der Waals surface area contributed by atoms with Crippen LogP contribution in [0.5, 0.6) is 0 Å². The van der Waals surface area contributed by atoms with Crippen LogP contribution in [0.2, 0.25) is 0 Å². The zero-order valence-electron chi connectivity index (χ0n) is 26.6. The SMILES string of the molecule is CCCCCCCCCCCCCCCCCC(=O)OCCC(COC(=O)[C@@H](N)C(C)C)Cn1cnc2cncnc21. The molecule has 0 aliphatic heterocycles. The number of fused-ring (bicyclic) bond motifs is 1. The van der Waals surface area contributed by atoms with Crippen LogP contribution in [0.3, 0.4) is 0 Å². The Labute approximate surface area is 253 Å². The van der Waals surface area contributed by atoms with Crippen LogP contribution in [0.15, 0.2) is 18.9 Å². The van der Waals surface area contributed by atoms with Gasteiger partial charge < -0.3 is 19.8 Å². The van der Waals surface area contributed by atoms with E-state index in [1.165, 1.54) is 89.8 Å². The summed E-state index contributed by atoms with van der Waals surface area (Å²) in [7, 11) is 0. The Morgan fingerprint density at radius 3 is 2.05 bits per heavy atom. The molecule has 2 atom stereocenters. The second kappa shape index (κ2) is 22.1. The molecule has 1 unspecified atom stereocenters. The fourth-order valence-corrected chi connectivity index (χ4v) is 5.07. The molecule has 0 aliphatic carbocycles. The van der Waals surface area contributed by atoms with E-state index in [2.05, 4.69) is 21.9 Å². The molecule has 238 valence electrons. The first-order chi connectivity index (χ1) is 20.4. The molecule has 0 bridgehead atoms. The van der Waals surface area contributed by atoms with Gasteiger partial charge >= 0.3 is 11.9 Å². The molecule has 9 heteroatoms. The van der Waals surface area contributed by atoms with Gasteiger partial charge in [-0.15, -0.1) is 0 Å². The Hall–Kier alpha value is -2.55. The first kappa shape index (κ1) is 35.6. The molecule has 0 aliphatic rings. The number of esters is 2. The average molecular weight is 588 g/mol. The van der Waals surface area contributed by atoms with E-state index in [0.29, 0.717) is 30.6 Å². The molecule has 0 spiro atoms. The second-order valence-electron chi connectivity index (χ2n) is 12.1. The van der Waals surface area contributed by atoms with Crippen molar-refractivity contribution in [3.05, 3.63) is 18.9 Å². The van der Waals surface area contributed by atoms with Gasteiger partial charge in [0.15, 0.2) is 5.65 Å². The maximum Gasteiger partial charge on any atom is 0.323 e. The van der Waals surface area contributed by atoms with Gasteiger partial charge in [0.1, 0.15) is 17.9 Å². The maximum absolute atomic E-state index is 12.3. The highest BCUT2D eigenvalue weighted by atomic mass is 16.5. The Bertz CT molecular complexity index is 996. The van der Waals surface area contributed by atoms with Gasteiger partial charge in [0.25, 0.3) is 0 Å². The molecule has 0 saturated heterocycles. The molecule has 2 aromatic rings. The second-order valence-corrected chi connectivity index (χ2v) is 12.1. The molecular formula is C33H57N5O4. The van der Waals surface area contributed by atoms with Gasteiger partial charge in [0.05, 0.1) is 25.7 Å². The fourth-order valence-electron chi connectivity index (χ4n) is 5.07. The summed E-state index contributed by atoms with van der Waals surface area (Å²) in [5.41, 5.74) is 7.36. The minimum atomic E-state index is -0.666. The van der Waals surface area contributed by atoms with Gasteiger partial charge in [-0.25, -0.2) is 15.0 Å². The quantitative estimate of drug-likeness (QED) is 0.0959. The van der Waals surface area contributed by atoms with Crippen LogP contribution >= 0.6 is 0 Å². The predicted octanol–water partition coefficient (Wildman–Crippen LogP) is 7.16.